The average Bonchev–Trinajstić information content (AvgIpc) is 2.21. The summed E-state index contributed by atoms with van der Waals surface area (Å²) in [6.07, 6.45) is 6.08. The van der Waals surface area contributed by atoms with Crippen molar-refractivity contribution in [3.63, 3.8) is 0 Å². The lowest BCUT2D eigenvalue weighted by atomic mass is 9.84. The van der Waals surface area contributed by atoms with Gasteiger partial charge in [-0.3, -0.25) is 4.79 Å². The number of carbonyl (C=O) groups excluding carboxylic acids is 2. The van der Waals surface area contributed by atoms with E-state index in [1.807, 2.05) is 0 Å². The van der Waals surface area contributed by atoms with Gasteiger partial charge in [0.15, 0.2) is 0 Å². The van der Waals surface area contributed by atoms with E-state index < -0.39 is 6.04 Å². The molecular weight excluding hydrogens is 218 g/mol. The molecule has 0 heterocycles. The quantitative estimate of drug-likeness (QED) is 0.548. The zero-order valence-corrected chi connectivity index (χ0v) is 10.8. The zero-order chi connectivity index (χ0) is 12.7. The number of amides is 1. The van der Waals surface area contributed by atoms with Crippen molar-refractivity contribution in [3.05, 3.63) is 0 Å². The molecule has 1 aliphatic rings. The fourth-order valence-electron chi connectivity index (χ4n) is 1.71. The molecule has 4 heteroatoms. The van der Waals surface area contributed by atoms with Crippen LogP contribution in [0.3, 0.4) is 0 Å². The minimum Gasteiger partial charge on any atom is -0.464 e. The van der Waals surface area contributed by atoms with E-state index >= 15 is 0 Å². The molecule has 0 saturated heterocycles. The SMILES string of the molecule is CCCCCOC(=O)[C@H](C)NC(=O)C1CCC1. The average molecular weight is 241 g/mol. The van der Waals surface area contributed by atoms with E-state index in [1.54, 1.807) is 6.92 Å². The molecule has 1 saturated carbocycles. The van der Waals surface area contributed by atoms with Crippen molar-refractivity contribution in [1.82, 2.24) is 5.32 Å². The van der Waals surface area contributed by atoms with Crippen LogP contribution in [0.25, 0.3) is 0 Å². The van der Waals surface area contributed by atoms with Crippen LogP contribution in [0, 0.1) is 5.92 Å². The van der Waals surface area contributed by atoms with Crippen LogP contribution < -0.4 is 5.32 Å². The van der Waals surface area contributed by atoms with Gasteiger partial charge in [0, 0.05) is 5.92 Å². The number of unbranched alkanes of at least 4 members (excludes halogenated alkanes) is 2. The first-order valence-corrected chi connectivity index (χ1v) is 6.62. The number of ether oxygens (including phenoxy) is 1. The Labute approximate surface area is 103 Å². The fourth-order valence-corrected chi connectivity index (χ4v) is 1.71. The van der Waals surface area contributed by atoms with Crippen LogP contribution in [-0.4, -0.2) is 24.5 Å². The summed E-state index contributed by atoms with van der Waals surface area (Å²) in [4.78, 5) is 23.1. The second kappa shape index (κ2) is 7.30. The van der Waals surface area contributed by atoms with Crippen LogP contribution in [0.15, 0.2) is 0 Å². The molecule has 0 unspecified atom stereocenters. The van der Waals surface area contributed by atoms with Crippen LogP contribution in [0.2, 0.25) is 0 Å². The molecule has 17 heavy (non-hydrogen) atoms. The molecule has 0 spiro atoms. The molecule has 0 aliphatic heterocycles. The Morgan fingerprint density at radius 1 is 1.35 bits per heavy atom. The number of rotatable bonds is 7. The van der Waals surface area contributed by atoms with Crippen molar-refractivity contribution in [3.8, 4) is 0 Å². The van der Waals surface area contributed by atoms with Crippen LogP contribution >= 0.6 is 0 Å². The van der Waals surface area contributed by atoms with Crippen LogP contribution in [0.4, 0.5) is 0 Å². The predicted molar refractivity (Wildman–Crippen MR) is 65.4 cm³/mol. The van der Waals surface area contributed by atoms with Gasteiger partial charge in [-0.25, -0.2) is 4.79 Å². The van der Waals surface area contributed by atoms with Gasteiger partial charge >= 0.3 is 5.97 Å². The van der Waals surface area contributed by atoms with E-state index in [1.165, 1.54) is 0 Å². The van der Waals surface area contributed by atoms with Crippen molar-refractivity contribution in [2.75, 3.05) is 6.61 Å². The van der Waals surface area contributed by atoms with Crippen LogP contribution in [0.5, 0.6) is 0 Å². The first-order chi connectivity index (χ1) is 8.15. The highest BCUT2D eigenvalue weighted by molar-refractivity contribution is 5.85. The molecule has 0 radical (unpaired) electrons. The number of esters is 1. The summed E-state index contributed by atoms with van der Waals surface area (Å²) in [5.74, 6) is -0.214. The van der Waals surface area contributed by atoms with Crippen molar-refractivity contribution in [2.45, 2.75) is 58.4 Å². The minimum atomic E-state index is -0.523. The minimum absolute atomic E-state index is 0.00532. The molecule has 0 aromatic carbocycles. The van der Waals surface area contributed by atoms with Crippen molar-refractivity contribution in [1.29, 1.82) is 0 Å². The lowest BCUT2D eigenvalue weighted by Gasteiger charge is -2.25. The predicted octanol–water partition coefficient (Wildman–Crippen LogP) is 2.02. The van der Waals surface area contributed by atoms with Gasteiger partial charge < -0.3 is 10.1 Å². The van der Waals surface area contributed by atoms with Crippen LogP contribution in [-0.2, 0) is 14.3 Å². The summed E-state index contributed by atoms with van der Waals surface area (Å²) in [5.41, 5.74) is 0. The van der Waals surface area contributed by atoms with E-state index in [2.05, 4.69) is 12.2 Å². The lowest BCUT2D eigenvalue weighted by molar-refractivity contribution is -0.148. The molecule has 0 bridgehead atoms. The molecule has 1 amide bonds. The Kier molecular flexibility index (Phi) is 6.01. The maximum atomic E-state index is 11.6. The first kappa shape index (κ1) is 14.0. The van der Waals surface area contributed by atoms with Gasteiger partial charge in [0.25, 0.3) is 0 Å². The highest BCUT2D eigenvalue weighted by atomic mass is 16.5. The van der Waals surface area contributed by atoms with E-state index in [4.69, 9.17) is 4.74 Å². The van der Waals surface area contributed by atoms with Crippen molar-refractivity contribution in [2.24, 2.45) is 5.92 Å². The van der Waals surface area contributed by atoms with Gasteiger partial charge in [-0.1, -0.05) is 26.2 Å². The number of hydrogen-bond acceptors (Lipinski definition) is 3. The van der Waals surface area contributed by atoms with Crippen molar-refractivity contribution >= 4 is 11.9 Å². The molecule has 0 aromatic rings. The molecule has 1 N–H and O–H groups in total. The van der Waals surface area contributed by atoms with Crippen LogP contribution in [0.1, 0.15) is 52.4 Å². The van der Waals surface area contributed by atoms with E-state index in [0.29, 0.717) is 6.61 Å². The lowest BCUT2D eigenvalue weighted by Crippen LogP contribution is -2.44. The maximum Gasteiger partial charge on any atom is 0.328 e. The molecule has 1 fully saturated rings. The van der Waals surface area contributed by atoms with E-state index in [-0.39, 0.29) is 17.8 Å². The summed E-state index contributed by atoms with van der Waals surface area (Å²) < 4.78 is 5.08. The summed E-state index contributed by atoms with van der Waals surface area (Å²) in [7, 11) is 0. The molecule has 4 nitrogen and oxygen atoms in total. The van der Waals surface area contributed by atoms with Gasteiger partial charge in [0.2, 0.25) is 5.91 Å². The molecule has 0 aromatic heterocycles. The molecule has 1 rings (SSSR count). The number of nitrogens with one attached hydrogen (secondary N) is 1. The van der Waals surface area contributed by atoms with Gasteiger partial charge in [-0.2, -0.15) is 0 Å². The fraction of sp³-hybridized carbons (Fsp3) is 0.846. The highest BCUT2D eigenvalue weighted by Gasteiger charge is 2.27. The summed E-state index contributed by atoms with van der Waals surface area (Å²) in [6, 6.07) is -0.523. The van der Waals surface area contributed by atoms with Gasteiger partial charge in [-0.15, -0.1) is 0 Å². The highest BCUT2D eigenvalue weighted by Crippen LogP contribution is 2.26. The topological polar surface area (TPSA) is 55.4 Å². The van der Waals surface area contributed by atoms with E-state index in [9.17, 15) is 9.59 Å². The Morgan fingerprint density at radius 3 is 2.59 bits per heavy atom. The van der Waals surface area contributed by atoms with Crippen molar-refractivity contribution < 1.29 is 14.3 Å². The second-order valence-electron chi connectivity index (χ2n) is 4.73. The number of carbonyl (C=O) groups is 2. The largest absolute Gasteiger partial charge is 0.464 e. The van der Waals surface area contributed by atoms with Gasteiger partial charge in [-0.05, 0) is 26.2 Å². The molecule has 1 atom stereocenters. The molecule has 98 valence electrons. The zero-order valence-electron chi connectivity index (χ0n) is 10.8. The molecule has 1 aliphatic carbocycles. The Morgan fingerprint density at radius 2 is 2.06 bits per heavy atom. The Balaban J connectivity index is 2.14. The van der Waals surface area contributed by atoms with Gasteiger partial charge in [0.1, 0.15) is 6.04 Å². The Bertz CT molecular complexity index is 261. The maximum absolute atomic E-state index is 11.6. The van der Waals surface area contributed by atoms with E-state index in [0.717, 1.165) is 38.5 Å². The summed E-state index contributed by atoms with van der Waals surface area (Å²) in [5, 5.41) is 2.71. The summed E-state index contributed by atoms with van der Waals surface area (Å²) >= 11 is 0. The van der Waals surface area contributed by atoms with Gasteiger partial charge in [0.05, 0.1) is 6.61 Å². The number of hydrogen-bond donors (Lipinski definition) is 1. The Hall–Kier alpha value is -1.06. The third-order valence-electron chi connectivity index (χ3n) is 3.18. The monoisotopic (exact) mass is 241 g/mol. The molecular formula is C13H23NO3. The smallest absolute Gasteiger partial charge is 0.328 e. The third-order valence-corrected chi connectivity index (χ3v) is 3.18. The summed E-state index contributed by atoms with van der Waals surface area (Å²) in [6.45, 7) is 4.23. The first-order valence-electron chi connectivity index (χ1n) is 6.62. The normalized spacial score (nSPS) is 17.1. The second-order valence-corrected chi connectivity index (χ2v) is 4.73. The standard InChI is InChI=1S/C13H23NO3/c1-3-4-5-9-17-13(16)10(2)14-12(15)11-7-6-8-11/h10-11H,3-9H2,1-2H3,(H,14,15)/t10-/m0/s1. The third kappa shape index (κ3) is 4.75.